The lowest BCUT2D eigenvalue weighted by Crippen LogP contribution is -2.15. The number of nitrogens with zero attached hydrogens (tertiary/aromatic N) is 3. The van der Waals surface area contributed by atoms with E-state index in [1.165, 1.54) is 17.1 Å². The fourth-order valence-electron chi connectivity index (χ4n) is 3.87. The third-order valence-corrected chi connectivity index (χ3v) is 6.30. The molecule has 0 unspecified atom stereocenters. The second-order valence-electron chi connectivity index (χ2n) is 7.52. The summed E-state index contributed by atoms with van der Waals surface area (Å²) in [6.07, 6.45) is 1.91. The van der Waals surface area contributed by atoms with Crippen LogP contribution in [-0.4, -0.2) is 26.8 Å². The standard InChI is InChI=1S/C23H22N6OS/c24-21(30)16-9-4-8-15-19(16)29-31-20(15)23-27-18-10-5-11-25-13-17(18)22(28-23)26-12-14-6-2-1-3-7-14/h1-4,6-9,25H,5,10-13H2,(H2,24,30)(H,26,27,28). The lowest BCUT2D eigenvalue weighted by atomic mass is 10.1. The molecule has 0 atom stereocenters. The lowest BCUT2D eigenvalue weighted by Gasteiger charge is -2.15. The van der Waals surface area contributed by atoms with Gasteiger partial charge in [0.1, 0.15) is 10.7 Å². The highest BCUT2D eigenvalue weighted by molar-refractivity contribution is 7.11. The van der Waals surface area contributed by atoms with E-state index in [1.807, 2.05) is 30.3 Å². The molecule has 4 N–H and O–H groups in total. The van der Waals surface area contributed by atoms with Crippen molar-refractivity contribution in [2.75, 3.05) is 11.9 Å². The highest BCUT2D eigenvalue weighted by Gasteiger charge is 2.21. The summed E-state index contributed by atoms with van der Waals surface area (Å²) in [5, 5.41) is 7.83. The van der Waals surface area contributed by atoms with E-state index in [0.29, 0.717) is 23.4 Å². The lowest BCUT2D eigenvalue weighted by molar-refractivity contribution is 0.100. The second kappa shape index (κ2) is 8.41. The molecule has 8 heteroatoms. The summed E-state index contributed by atoms with van der Waals surface area (Å²) in [5.41, 5.74) is 9.91. The molecule has 2 aromatic carbocycles. The van der Waals surface area contributed by atoms with Crippen molar-refractivity contribution >= 4 is 34.2 Å². The van der Waals surface area contributed by atoms with Crippen LogP contribution in [0.3, 0.4) is 0 Å². The molecule has 0 saturated heterocycles. The number of aryl methyl sites for hydroxylation is 1. The van der Waals surface area contributed by atoms with Gasteiger partial charge in [0, 0.05) is 24.0 Å². The van der Waals surface area contributed by atoms with E-state index >= 15 is 0 Å². The Bertz CT molecular complexity index is 1250. The van der Waals surface area contributed by atoms with Crippen molar-refractivity contribution in [2.45, 2.75) is 25.9 Å². The molecule has 0 saturated carbocycles. The Balaban J connectivity index is 1.59. The maximum absolute atomic E-state index is 11.8. The van der Waals surface area contributed by atoms with Gasteiger partial charge in [-0.3, -0.25) is 4.79 Å². The molecule has 156 valence electrons. The number of anilines is 1. The summed E-state index contributed by atoms with van der Waals surface area (Å²) in [7, 11) is 0. The molecule has 1 aliphatic heterocycles. The minimum Gasteiger partial charge on any atom is -0.366 e. The predicted octanol–water partition coefficient (Wildman–Crippen LogP) is 3.50. The normalized spacial score (nSPS) is 13.5. The summed E-state index contributed by atoms with van der Waals surface area (Å²) in [4.78, 5) is 22.5. The zero-order valence-electron chi connectivity index (χ0n) is 16.9. The number of nitrogens with two attached hydrogens (primary N) is 1. The van der Waals surface area contributed by atoms with Gasteiger partial charge in [0.25, 0.3) is 5.91 Å². The minimum atomic E-state index is -0.485. The number of benzene rings is 2. The zero-order chi connectivity index (χ0) is 21.2. The molecule has 2 aromatic heterocycles. The summed E-state index contributed by atoms with van der Waals surface area (Å²) in [6.45, 7) is 2.37. The van der Waals surface area contributed by atoms with Crippen molar-refractivity contribution in [3.05, 3.63) is 70.9 Å². The Morgan fingerprint density at radius 2 is 2.00 bits per heavy atom. The number of rotatable bonds is 5. The maximum atomic E-state index is 11.8. The Kier molecular flexibility index (Phi) is 5.31. The molecule has 1 aliphatic rings. The quantitative estimate of drug-likeness (QED) is 0.447. The van der Waals surface area contributed by atoms with Crippen LogP contribution in [-0.2, 0) is 19.5 Å². The van der Waals surface area contributed by atoms with Gasteiger partial charge in [-0.05, 0) is 42.5 Å². The molecule has 0 aliphatic carbocycles. The molecular weight excluding hydrogens is 408 g/mol. The number of amides is 1. The van der Waals surface area contributed by atoms with Gasteiger partial charge in [0.2, 0.25) is 0 Å². The molecule has 0 bridgehead atoms. The first-order valence-corrected chi connectivity index (χ1v) is 11.0. The SMILES string of the molecule is NC(=O)c1cccc2c(-c3nc4c(c(NCc5ccccc5)n3)CNCCC4)snc12. The Labute approximate surface area is 183 Å². The molecule has 0 spiro atoms. The third-order valence-electron chi connectivity index (χ3n) is 5.44. The van der Waals surface area contributed by atoms with Crippen molar-refractivity contribution in [3.8, 4) is 10.7 Å². The number of hydrogen-bond donors (Lipinski definition) is 3. The van der Waals surface area contributed by atoms with Gasteiger partial charge in [-0.25, -0.2) is 9.97 Å². The predicted molar refractivity (Wildman–Crippen MR) is 123 cm³/mol. The number of nitrogens with one attached hydrogen (secondary N) is 2. The summed E-state index contributed by atoms with van der Waals surface area (Å²) in [6, 6.07) is 15.7. The van der Waals surface area contributed by atoms with Crippen molar-refractivity contribution in [1.29, 1.82) is 0 Å². The molecule has 4 aromatic rings. The number of carbonyl (C=O) groups excluding carboxylic acids is 1. The van der Waals surface area contributed by atoms with Crippen LogP contribution in [0.4, 0.5) is 5.82 Å². The fourth-order valence-corrected chi connectivity index (χ4v) is 4.69. The topological polar surface area (TPSA) is 106 Å². The molecule has 0 fully saturated rings. The number of primary amides is 1. The third kappa shape index (κ3) is 3.87. The van der Waals surface area contributed by atoms with Crippen LogP contribution in [0.5, 0.6) is 0 Å². The molecule has 0 radical (unpaired) electrons. The van der Waals surface area contributed by atoms with Crippen LogP contribution in [0.25, 0.3) is 21.6 Å². The highest BCUT2D eigenvalue weighted by atomic mass is 32.1. The van der Waals surface area contributed by atoms with Crippen molar-refractivity contribution in [3.63, 3.8) is 0 Å². The van der Waals surface area contributed by atoms with Gasteiger partial charge >= 0.3 is 0 Å². The van der Waals surface area contributed by atoms with Crippen LogP contribution in [0.1, 0.15) is 33.6 Å². The number of aromatic nitrogens is 3. The number of hydrogen-bond acceptors (Lipinski definition) is 7. The van der Waals surface area contributed by atoms with E-state index < -0.39 is 5.91 Å². The molecule has 5 rings (SSSR count). The molecule has 1 amide bonds. The molecular formula is C23H22N6OS. The van der Waals surface area contributed by atoms with Gasteiger partial charge in [-0.15, -0.1) is 0 Å². The minimum absolute atomic E-state index is 0.418. The Hall–Kier alpha value is -3.36. The van der Waals surface area contributed by atoms with Crippen molar-refractivity contribution < 1.29 is 4.79 Å². The van der Waals surface area contributed by atoms with E-state index in [4.69, 9.17) is 15.7 Å². The Morgan fingerprint density at radius 1 is 1.13 bits per heavy atom. The first-order valence-electron chi connectivity index (χ1n) is 10.3. The summed E-state index contributed by atoms with van der Waals surface area (Å²) < 4.78 is 4.50. The van der Waals surface area contributed by atoms with Gasteiger partial charge in [-0.1, -0.05) is 42.5 Å². The Morgan fingerprint density at radius 3 is 2.84 bits per heavy atom. The first-order chi connectivity index (χ1) is 15.2. The summed E-state index contributed by atoms with van der Waals surface area (Å²) in [5.74, 6) is 0.984. The average molecular weight is 431 g/mol. The largest absolute Gasteiger partial charge is 0.366 e. The molecule has 7 nitrogen and oxygen atoms in total. The molecule has 31 heavy (non-hydrogen) atoms. The van der Waals surface area contributed by atoms with E-state index in [2.05, 4.69) is 27.1 Å². The first kappa shape index (κ1) is 19.6. The maximum Gasteiger partial charge on any atom is 0.250 e. The summed E-state index contributed by atoms with van der Waals surface area (Å²) >= 11 is 1.30. The smallest absolute Gasteiger partial charge is 0.250 e. The van der Waals surface area contributed by atoms with E-state index in [0.717, 1.165) is 53.3 Å². The van der Waals surface area contributed by atoms with Crippen LogP contribution >= 0.6 is 11.5 Å². The van der Waals surface area contributed by atoms with E-state index in [9.17, 15) is 4.79 Å². The van der Waals surface area contributed by atoms with Gasteiger partial charge in [0.05, 0.1) is 16.8 Å². The fraction of sp³-hybridized carbons (Fsp3) is 0.217. The number of carbonyl (C=O) groups is 1. The van der Waals surface area contributed by atoms with E-state index in [-0.39, 0.29) is 0 Å². The average Bonchev–Trinajstić information content (AvgIpc) is 3.08. The zero-order valence-corrected chi connectivity index (χ0v) is 17.7. The van der Waals surface area contributed by atoms with Crippen molar-refractivity contribution in [1.82, 2.24) is 19.7 Å². The van der Waals surface area contributed by atoms with Crippen LogP contribution in [0.2, 0.25) is 0 Å². The second-order valence-corrected chi connectivity index (χ2v) is 8.29. The van der Waals surface area contributed by atoms with Crippen LogP contribution in [0, 0.1) is 0 Å². The van der Waals surface area contributed by atoms with Gasteiger partial charge in [-0.2, -0.15) is 4.37 Å². The van der Waals surface area contributed by atoms with E-state index in [1.54, 1.807) is 6.07 Å². The number of fused-ring (bicyclic) bond motifs is 2. The monoisotopic (exact) mass is 430 g/mol. The van der Waals surface area contributed by atoms with Crippen LogP contribution in [0.15, 0.2) is 48.5 Å². The van der Waals surface area contributed by atoms with Gasteiger partial charge in [0.15, 0.2) is 5.82 Å². The van der Waals surface area contributed by atoms with Gasteiger partial charge < -0.3 is 16.4 Å². The van der Waals surface area contributed by atoms with Crippen molar-refractivity contribution in [2.24, 2.45) is 5.73 Å². The van der Waals surface area contributed by atoms with Crippen LogP contribution < -0.4 is 16.4 Å². The highest BCUT2D eigenvalue weighted by Crippen LogP contribution is 2.34. The molecule has 3 heterocycles.